The maximum Gasteiger partial charge on any atom is 0.342 e. The molecule has 0 radical (unpaired) electrons. The van der Waals surface area contributed by atoms with Crippen molar-refractivity contribution in [1.29, 1.82) is 0 Å². The first-order chi connectivity index (χ1) is 5.72. The van der Waals surface area contributed by atoms with Gasteiger partial charge < -0.3 is 4.79 Å². The van der Waals surface area contributed by atoms with Crippen LogP contribution >= 0.6 is 0 Å². The second-order valence-corrected chi connectivity index (χ2v) is 3.17. The fourth-order valence-electron chi connectivity index (χ4n) is 1.24. The van der Waals surface area contributed by atoms with Gasteiger partial charge in [-0.05, 0) is 18.3 Å². The Morgan fingerprint density at radius 3 is 2.67 bits per heavy atom. The second-order valence-electron chi connectivity index (χ2n) is 3.17. The molecule has 0 amide bonds. The van der Waals surface area contributed by atoms with Crippen molar-refractivity contribution in [1.82, 2.24) is 0 Å². The summed E-state index contributed by atoms with van der Waals surface area (Å²) in [6.07, 6.45) is 3.47. The molecule has 68 valence electrons. The lowest BCUT2D eigenvalue weighted by atomic mass is 9.99. The Hall–Kier alpha value is -0.900. The van der Waals surface area contributed by atoms with Gasteiger partial charge in [0.25, 0.3) is 0 Å². The molecule has 12 heavy (non-hydrogen) atoms. The van der Waals surface area contributed by atoms with Gasteiger partial charge >= 0.3 is 5.97 Å². The van der Waals surface area contributed by atoms with Crippen LogP contribution in [0.25, 0.3) is 0 Å². The number of hydrogen-bond donors (Lipinski definition) is 0. The lowest BCUT2D eigenvalue weighted by molar-refractivity contribution is -0.256. The molecule has 0 atom stereocenters. The molecule has 1 rings (SSSR count). The van der Waals surface area contributed by atoms with Gasteiger partial charge in [0.15, 0.2) is 0 Å². The molecule has 0 unspecified atom stereocenters. The number of rotatable bonds is 5. The van der Waals surface area contributed by atoms with Crippen molar-refractivity contribution in [3.63, 3.8) is 0 Å². The van der Waals surface area contributed by atoms with Crippen molar-refractivity contribution in [3.05, 3.63) is 0 Å². The van der Waals surface area contributed by atoms with Crippen LogP contribution in [0.5, 0.6) is 0 Å². The van der Waals surface area contributed by atoms with Gasteiger partial charge in [0, 0.05) is 6.42 Å². The average molecular weight is 172 g/mol. The van der Waals surface area contributed by atoms with E-state index in [1.165, 1.54) is 7.11 Å². The first-order valence-electron chi connectivity index (χ1n) is 3.89. The van der Waals surface area contributed by atoms with E-state index in [4.69, 9.17) is 0 Å². The fourth-order valence-corrected chi connectivity index (χ4v) is 1.24. The van der Waals surface area contributed by atoms with Crippen LogP contribution < -0.4 is 0 Å². The van der Waals surface area contributed by atoms with E-state index in [1.807, 2.05) is 0 Å². The van der Waals surface area contributed by atoms with Crippen LogP contribution in [-0.4, -0.2) is 19.4 Å². The molecular formula is C8H12O4. The van der Waals surface area contributed by atoms with Gasteiger partial charge in [0.2, 0.25) is 0 Å². The van der Waals surface area contributed by atoms with E-state index in [9.17, 15) is 9.59 Å². The highest BCUT2D eigenvalue weighted by Crippen LogP contribution is 2.51. The molecule has 0 bridgehead atoms. The topological polar surface area (TPSA) is 52.6 Å². The Bertz CT molecular complexity index is 183. The number of carbonyl (C=O) groups is 2. The number of hydrogen-bond acceptors (Lipinski definition) is 4. The van der Waals surface area contributed by atoms with Crippen molar-refractivity contribution in [2.24, 2.45) is 5.41 Å². The van der Waals surface area contributed by atoms with Crippen LogP contribution in [0.3, 0.4) is 0 Å². The summed E-state index contributed by atoms with van der Waals surface area (Å²) < 4.78 is 0. The standard InChI is InChI=1S/C8H12O4/c1-11-12-7(10)6-8(2-3-8)4-5-9/h5H,2-4,6H2,1H3. The van der Waals surface area contributed by atoms with E-state index in [2.05, 4.69) is 9.78 Å². The number of carbonyl (C=O) groups excluding carboxylic acids is 2. The van der Waals surface area contributed by atoms with Gasteiger partial charge in [0.05, 0.1) is 13.5 Å². The van der Waals surface area contributed by atoms with Gasteiger partial charge in [-0.2, -0.15) is 4.89 Å². The zero-order valence-corrected chi connectivity index (χ0v) is 7.04. The molecule has 0 heterocycles. The third-order valence-electron chi connectivity index (χ3n) is 2.17. The van der Waals surface area contributed by atoms with Crippen LogP contribution in [0.4, 0.5) is 0 Å². The zero-order chi connectivity index (χ0) is 9.03. The van der Waals surface area contributed by atoms with Crippen molar-refractivity contribution >= 4 is 12.3 Å². The number of aldehydes is 1. The molecule has 0 saturated heterocycles. The van der Waals surface area contributed by atoms with E-state index in [0.717, 1.165) is 19.1 Å². The monoisotopic (exact) mass is 172 g/mol. The van der Waals surface area contributed by atoms with Crippen molar-refractivity contribution in [2.45, 2.75) is 25.7 Å². The normalized spacial score (nSPS) is 18.4. The van der Waals surface area contributed by atoms with Crippen molar-refractivity contribution in [2.75, 3.05) is 7.11 Å². The zero-order valence-electron chi connectivity index (χ0n) is 7.04. The summed E-state index contributed by atoms with van der Waals surface area (Å²) in [5.41, 5.74) is -0.0998. The summed E-state index contributed by atoms with van der Waals surface area (Å²) in [5.74, 6) is -0.392. The van der Waals surface area contributed by atoms with Crippen LogP contribution in [0.1, 0.15) is 25.7 Å². The Morgan fingerprint density at radius 1 is 1.58 bits per heavy atom. The fraction of sp³-hybridized carbons (Fsp3) is 0.750. The molecule has 4 heteroatoms. The largest absolute Gasteiger partial charge is 0.342 e. The first-order valence-corrected chi connectivity index (χ1v) is 3.89. The van der Waals surface area contributed by atoms with E-state index in [0.29, 0.717) is 12.8 Å². The lowest BCUT2D eigenvalue weighted by Gasteiger charge is -2.08. The van der Waals surface area contributed by atoms with Crippen LogP contribution in [0.2, 0.25) is 0 Å². The summed E-state index contributed by atoms with van der Waals surface area (Å²) in [6.45, 7) is 0. The van der Waals surface area contributed by atoms with Crippen LogP contribution in [0.15, 0.2) is 0 Å². The minimum Gasteiger partial charge on any atom is -0.303 e. The van der Waals surface area contributed by atoms with Crippen LogP contribution in [-0.2, 0) is 19.4 Å². The van der Waals surface area contributed by atoms with Gasteiger partial charge in [0.1, 0.15) is 6.29 Å². The van der Waals surface area contributed by atoms with Gasteiger partial charge in [-0.15, -0.1) is 0 Å². The molecule has 0 spiro atoms. The average Bonchev–Trinajstić information content (AvgIpc) is 2.70. The first kappa shape index (κ1) is 9.19. The molecule has 0 aromatic carbocycles. The predicted octanol–water partition coefficient (Wildman–Crippen LogP) is 0.850. The Balaban J connectivity index is 2.29. The van der Waals surface area contributed by atoms with Gasteiger partial charge in [-0.3, -0.25) is 4.89 Å². The Kier molecular flexibility index (Phi) is 2.81. The summed E-state index contributed by atoms with van der Waals surface area (Å²) in [5, 5.41) is 0. The minimum absolute atomic E-state index is 0.0998. The van der Waals surface area contributed by atoms with Gasteiger partial charge in [-0.1, -0.05) is 0 Å². The highest BCUT2D eigenvalue weighted by atomic mass is 17.2. The SMILES string of the molecule is COOC(=O)CC1(CC=O)CC1. The molecule has 4 nitrogen and oxygen atoms in total. The third-order valence-corrected chi connectivity index (χ3v) is 2.17. The summed E-state index contributed by atoms with van der Waals surface area (Å²) in [4.78, 5) is 29.7. The molecule has 0 aromatic rings. The third kappa shape index (κ3) is 2.30. The minimum atomic E-state index is -0.392. The summed E-state index contributed by atoms with van der Waals surface area (Å²) >= 11 is 0. The maximum atomic E-state index is 10.9. The molecule has 0 aliphatic heterocycles. The summed E-state index contributed by atoms with van der Waals surface area (Å²) in [7, 11) is 1.29. The maximum absolute atomic E-state index is 10.9. The highest BCUT2D eigenvalue weighted by Gasteiger charge is 2.44. The molecule has 0 aromatic heterocycles. The molecule has 1 aliphatic carbocycles. The Labute approximate surface area is 70.8 Å². The van der Waals surface area contributed by atoms with E-state index >= 15 is 0 Å². The van der Waals surface area contributed by atoms with E-state index < -0.39 is 5.97 Å². The van der Waals surface area contributed by atoms with Crippen molar-refractivity contribution in [3.8, 4) is 0 Å². The smallest absolute Gasteiger partial charge is 0.303 e. The highest BCUT2D eigenvalue weighted by molar-refractivity contribution is 5.71. The molecule has 1 fully saturated rings. The van der Waals surface area contributed by atoms with Crippen LogP contribution in [0, 0.1) is 5.41 Å². The molecule has 0 N–H and O–H groups in total. The van der Waals surface area contributed by atoms with Crippen molar-refractivity contribution < 1.29 is 19.4 Å². The molecule has 1 aliphatic rings. The predicted molar refractivity (Wildman–Crippen MR) is 40.1 cm³/mol. The summed E-state index contributed by atoms with van der Waals surface area (Å²) in [6, 6.07) is 0. The van der Waals surface area contributed by atoms with E-state index in [1.54, 1.807) is 0 Å². The second kappa shape index (κ2) is 3.67. The molecule has 1 saturated carbocycles. The molecular weight excluding hydrogens is 160 g/mol. The van der Waals surface area contributed by atoms with Gasteiger partial charge in [-0.25, -0.2) is 4.79 Å². The van der Waals surface area contributed by atoms with E-state index in [-0.39, 0.29) is 5.41 Å². The lowest BCUT2D eigenvalue weighted by Crippen LogP contribution is -2.12. The Morgan fingerprint density at radius 2 is 2.25 bits per heavy atom. The quantitative estimate of drug-likeness (QED) is 0.350.